The molecule has 128 valence electrons. The minimum Gasteiger partial charge on any atom is -0.459 e. The van der Waals surface area contributed by atoms with Crippen LogP contribution in [0.3, 0.4) is 0 Å². The molecule has 0 bridgehead atoms. The quantitative estimate of drug-likeness (QED) is 0.478. The Morgan fingerprint density at radius 2 is 2.08 bits per heavy atom. The first kappa shape index (κ1) is 16.8. The first-order valence-corrected chi connectivity index (χ1v) is 8.44. The van der Waals surface area contributed by atoms with E-state index in [4.69, 9.17) is 10.2 Å². The Bertz CT molecular complexity index is 934. The number of furan rings is 1. The second kappa shape index (κ2) is 7.27. The number of aromatic nitrogens is 2. The van der Waals surface area contributed by atoms with E-state index in [1.165, 1.54) is 29.7 Å². The SMILES string of the molecule is Cc1ccc(CSc2nc(N)c(NC(=O)c3ccco3)c(=O)[nH]2)cc1. The first-order valence-electron chi connectivity index (χ1n) is 7.46. The molecule has 0 saturated carbocycles. The molecule has 0 unspecified atom stereocenters. The van der Waals surface area contributed by atoms with Gasteiger partial charge in [0.25, 0.3) is 11.5 Å². The van der Waals surface area contributed by atoms with Crippen molar-refractivity contribution in [3.63, 3.8) is 0 Å². The lowest BCUT2D eigenvalue weighted by Gasteiger charge is -2.07. The number of aryl methyl sites for hydroxylation is 1. The summed E-state index contributed by atoms with van der Waals surface area (Å²) in [6.07, 6.45) is 1.37. The predicted molar refractivity (Wildman–Crippen MR) is 96.7 cm³/mol. The van der Waals surface area contributed by atoms with Crippen molar-refractivity contribution in [2.24, 2.45) is 0 Å². The summed E-state index contributed by atoms with van der Waals surface area (Å²) >= 11 is 1.36. The summed E-state index contributed by atoms with van der Waals surface area (Å²) in [5.41, 5.74) is 7.50. The van der Waals surface area contributed by atoms with E-state index in [-0.39, 0.29) is 17.3 Å². The largest absolute Gasteiger partial charge is 0.459 e. The van der Waals surface area contributed by atoms with Crippen molar-refractivity contribution in [2.45, 2.75) is 17.8 Å². The first-order chi connectivity index (χ1) is 12.0. The Kier molecular flexibility index (Phi) is 4.90. The van der Waals surface area contributed by atoms with E-state index < -0.39 is 11.5 Å². The van der Waals surface area contributed by atoms with E-state index >= 15 is 0 Å². The number of anilines is 2. The molecule has 1 aromatic carbocycles. The molecular weight excluding hydrogens is 340 g/mol. The number of aromatic amines is 1. The van der Waals surface area contributed by atoms with Crippen LogP contribution >= 0.6 is 11.8 Å². The number of amides is 1. The van der Waals surface area contributed by atoms with Crippen molar-refractivity contribution in [3.05, 3.63) is 69.9 Å². The number of hydrogen-bond acceptors (Lipinski definition) is 6. The molecule has 0 atom stereocenters. The van der Waals surface area contributed by atoms with Crippen LogP contribution in [0, 0.1) is 6.92 Å². The van der Waals surface area contributed by atoms with Crippen molar-refractivity contribution in [2.75, 3.05) is 11.1 Å². The van der Waals surface area contributed by atoms with Gasteiger partial charge in [0.2, 0.25) is 0 Å². The van der Waals surface area contributed by atoms with Gasteiger partial charge < -0.3 is 15.5 Å². The number of nitrogen functional groups attached to an aromatic ring is 1. The number of nitrogens with zero attached hydrogens (tertiary/aromatic N) is 1. The van der Waals surface area contributed by atoms with Gasteiger partial charge in [-0.2, -0.15) is 0 Å². The predicted octanol–water partition coefficient (Wildman–Crippen LogP) is 2.80. The molecule has 0 saturated heterocycles. The summed E-state index contributed by atoms with van der Waals surface area (Å²) in [6, 6.07) is 11.1. The summed E-state index contributed by atoms with van der Waals surface area (Å²) in [7, 11) is 0. The molecule has 8 heteroatoms. The minimum absolute atomic E-state index is 0.0462. The van der Waals surface area contributed by atoms with Gasteiger partial charge in [-0.05, 0) is 24.6 Å². The molecule has 3 aromatic rings. The van der Waals surface area contributed by atoms with Crippen molar-refractivity contribution in [1.29, 1.82) is 0 Å². The van der Waals surface area contributed by atoms with Crippen LogP contribution in [0.15, 0.2) is 57.0 Å². The van der Waals surface area contributed by atoms with Crippen molar-refractivity contribution < 1.29 is 9.21 Å². The van der Waals surface area contributed by atoms with Crippen LogP contribution in [-0.2, 0) is 5.75 Å². The number of H-pyrrole nitrogens is 1. The van der Waals surface area contributed by atoms with Crippen LogP contribution in [0.5, 0.6) is 0 Å². The highest BCUT2D eigenvalue weighted by molar-refractivity contribution is 7.98. The van der Waals surface area contributed by atoms with Crippen LogP contribution in [-0.4, -0.2) is 15.9 Å². The third-order valence-corrected chi connectivity index (χ3v) is 4.35. The van der Waals surface area contributed by atoms with Crippen LogP contribution in [0.1, 0.15) is 21.7 Å². The lowest BCUT2D eigenvalue weighted by molar-refractivity contribution is 0.0996. The molecule has 0 aliphatic rings. The van der Waals surface area contributed by atoms with Crippen molar-refractivity contribution >= 4 is 29.2 Å². The Labute approximate surface area is 147 Å². The number of nitrogens with two attached hydrogens (primary N) is 1. The average Bonchev–Trinajstić information content (AvgIpc) is 3.12. The van der Waals surface area contributed by atoms with E-state index in [2.05, 4.69) is 15.3 Å². The average molecular weight is 356 g/mol. The van der Waals surface area contributed by atoms with Crippen LogP contribution in [0.2, 0.25) is 0 Å². The molecule has 0 spiro atoms. The zero-order valence-corrected chi connectivity index (χ0v) is 14.2. The third-order valence-electron chi connectivity index (χ3n) is 3.41. The fraction of sp³-hybridized carbons (Fsp3) is 0.118. The Morgan fingerprint density at radius 3 is 2.72 bits per heavy atom. The number of thioether (sulfide) groups is 1. The number of nitrogens with one attached hydrogen (secondary N) is 2. The minimum atomic E-state index is -0.566. The van der Waals surface area contributed by atoms with E-state index in [9.17, 15) is 9.59 Å². The molecule has 2 aromatic heterocycles. The second-order valence-corrected chi connectivity index (χ2v) is 6.30. The van der Waals surface area contributed by atoms with Gasteiger partial charge in [0, 0.05) is 5.75 Å². The molecule has 4 N–H and O–H groups in total. The van der Waals surface area contributed by atoms with Crippen LogP contribution in [0.25, 0.3) is 0 Å². The molecule has 0 aliphatic carbocycles. The van der Waals surface area contributed by atoms with Crippen molar-refractivity contribution in [3.8, 4) is 0 Å². The monoisotopic (exact) mass is 356 g/mol. The van der Waals surface area contributed by atoms with Gasteiger partial charge in [0.15, 0.2) is 22.4 Å². The van der Waals surface area contributed by atoms with Crippen LogP contribution < -0.4 is 16.6 Å². The molecule has 3 rings (SSSR count). The molecule has 2 heterocycles. The molecule has 25 heavy (non-hydrogen) atoms. The highest BCUT2D eigenvalue weighted by Gasteiger charge is 2.15. The fourth-order valence-electron chi connectivity index (χ4n) is 2.08. The van der Waals surface area contributed by atoms with E-state index in [1.807, 2.05) is 31.2 Å². The maximum Gasteiger partial charge on any atom is 0.291 e. The van der Waals surface area contributed by atoms with Gasteiger partial charge in [-0.25, -0.2) is 4.98 Å². The van der Waals surface area contributed by atoms with E-state index in [0.717, 1.165) is 5.56 Å². The summed E-state index contributed by atoms with van der Waals surface area (Å²) < 4.78 is 4.98. The van der Waals surface area contributed by atoms with Gasteiger partial charge >= 0.3 is 0 Å². The smallest absolute Gasteiger partial charge is 0.291 e. The van der Waals surface area contributed by atoms with E-state index in [1.54, 1.807) is 6.07 Å². The topological polar surface area (TPSA) is 114 Å². The normalized spacial score (nSPS) is 10.6. The highest BCUT2D eigenvalue weighted by Crippen LogP contribution is 2.21. The Balaban J connectivity index is 1.72. The summed E-state index contributed by atoms with van der Waals surface area (Å²) in [5.74, 6) is 0.108. The fourth-order valence-corrected chi connectivity index (χ4v) is 2.90. The molecular formula is C17H16N4O3S. The van der Waals surface area contributed by atoms with Crippen LogP contribution in [0.4, 0.5) is 11.5 Å². The number of benzene rings is 1. The van der Waals surface area contributed by atoms with Gasteiger partial charge in [-0.3, -0.25) is 14.6 Å². The van der Waals surface area contributed by atoms with Gasteiger partial charge in [-0.15, -0.1) is 0 Å². The maximum atomic E-state index is 12.2. The lowest BCUT2D eigenvalue weighted by atomic mass is 10.2. The second-order valence-electron chi connectivity index (χ2n) is 5.34. The molecule has 0 radical (unpaired) electrons. The van der Waals surface area contributed by atoms with E-state index in [0.29, 0.717) is 10.9 Å². The number of rotatable bonds is 5. The number of hydrogen-bond donors (Lipinski definition) is 3. The zero-order chi connectivity index (χ0) is 17.8. The van der Waals surface area contributed by atoms with Gasteiger partial charge in [0.1, 0.15) is 0 Å². The summed E-state index contributed by atoms with van der Waals surface area (Å²) in [4.78, 5) is 30.9. The van der Waals surface area contributed by atoms with Gasteiger partial charge in [-0.1, -0.05) is 41.6 Å². The van der Waals surface area contributed by atoms with Gasteiger partial charge in [0.05, 0.1) is 6.26 Å². The Hall–Kier alpha value is -3.00. The Morgan fingerprint density at radius 1 is 1.32 bits per heavy atom. The summed E-state index contributed by atoms with van der Waals surface area (Å²) in [5, 5.41) is 2.80. The molecule has 0 fully saturated rings. The maximum absolute atomic E-state index is 12.2. The standard InChI is InChI=1S/C17H16N4O3S/c1-10-4-6-11(7-5-10)9-25-17-20-14(18)13(16(23)21-17)19-15(22)12-3-2-8-24-12/h2-8H,9H2,1H3,(H,19,22)(H3,18,20,21,23). The number of carbonyl (C=O) groups excluding carboxylic acids is 1. The molecule has 0 aliphatic heterocycles. The third kappa shape index (κ3) is 4.10. The zero-order valence-electron chi connectivity index (χ0n) is 13.4. The molecule has 7 nitrogen and oxygen atoms in total. The lowest BCUT2D eigenvalue weighted by Crippen LogP contribution is -2.22. The molecule has 1 amide bonds. The van der Waals surface area contributed by atoms with Crippen molar-refractivity contribution in [1.82, 2.24) is 9.97 Å². The highest BCUT2D eigenvalue weighted by atomic mass is 32.2. The number of carbonyl (C=O) groups is 1. The summed E-state index contributed by atoms with van der Waals surface area (Å²) in [6.45, 7) is 2.02.